The van der Waals surface area contributed by atoms with Crippen LogP contribution in [-0.2, 0) is 20.9 Å². The van der Waals surface area contributed by atoms with Crippen molar-refractivity contribution in [2.75, 3.05) is 13.2 Å². The number of ether oxygens (including phenoxy) is 2. The highest BCUT2D eigenvalue weighted by molar-refractivity contribution is 5.96. The van der Waals surface area contributed by atoms with E-state index in [2.05, 4.69) is 20.1 Å². The molecule has 2 rings (SSSR count). The van der Waals surface area contributed by atoms with Crippen molar-refractivity contribution in [3.05, 3.63) is 69.8 Å². The molecule has 2 aromatic carbocycles. The number of para-hydroxylation sites is 1. The number of halogens is 3. The van der Waals surface area contributed by atoms with E-state index in [1.807, 2.05) is 0 Å². The van der Waals surface area contributed by atoms with Crippen LogP contribution < -0.4 is 15.4 Å². The molecule has 0 heterocycles. The summed E-state index contributed by atoms with van der Waals surface area (Å²) < 4.78 is 45.7. The third-order valence-electron chi connectivity index (χ3n) is 3.75. The maximum atomic E-state index is 12.4. The standard InChI is InChI=1S/C19H16F3N3O7/c20-19(21,22)32-15-7-2-1-4-13(15)9-23-16(26)11-31-17(27)10-24-18(28)12-5-3-6-14(8-12)25(29)30/h1-8H,9-11H2,(H,23,26)(H,24,28). The largest absolute Gasteiger partial charge is 0.573 e. The van der Waals surface area contributed by atoms with Crippen molar-refractivity contribution in [3.63, 3.8) is 0 Å². The van der Waals surface area contributed by atoms with Crippen LogP contribution in [0.1, 0.15) is 15.9 Å². The first-order valence-corrected chi connectivity index (χ1v) is 8.84. The zero-order chi connectivity index (χ0) is 23.7. The summed E-state index contributed by atoms with van der Waals surface area (Å²) in [6.45, 7) is -1.67. The van der Waals surface area contributed by atoms with Crippen LogP contribution in [0.15, 0.2) is 48.5 Å². The average Bonchev–Trinajstić information content (AvgIpc) is 2.74. The van der Waals surface area contributed by atoms with Crippen molar-refractivity contribution in [2.45, 2.75) is 12.9 Å². The average molecular weight is 455 g/mol. The van der Waals surface area contributed by atoms with Gasteiger partial charge in [0.15, 0.2) is 6.61 Å². The summed E-state index contributed by atoms with van der Waals surface area (Å²) >= 11 is 0. The molecule has 13 heteroatoms. The summed E-state index contributed by atoms with van der Waals surface area (Å²) in [5.74, 6) is -3.03. The van der Waals surface area contributed by atoms with E-state index >= 15 is 0 Å². The van der Waals surface area contributed by atoms with E-state index in [1.165, 1.54) is 36.4 Å². The zero-order valence-corrected chi connectivity index (χ0v) is 16.2. The Labute approximate surface area is 178 Å². The summed E-state index contributed by atoms with van der Waals surface area (Å²) in [6, 6.07) is 10.0. The van der Waals surface area contributed by atoms with E-state index in [-0.39, 0.29) is 23.4 Å². The molecule has 0 aliphatic carbocycles. The topological polar surface area (TPSA) is 137 Å². The van der Waals surface area contributed by atoms with Gasteiger partial charge < -0.3 is 20.1 Å². The Balaban J connectivity index is 1.77. The van der Waals surface area contributed by atoms with Gasteiger partial charge in [0.25, 0.3) is 17.5 Å². The predicted molar refractivity (Wildman–Crippen MR) is 101 cm³/mol. The van der Waals surface area contributed by atoms with Gasteiger partial charge in [0.2, 0.25) is 0 Å². The summed E-state index contributed by atoms with van der Waals surface area (Å²) in [5, 5.41) is 15.2. The van der Waals surface area contributed by atoms with Gasteiger partial charge in [-0.2, -0.15) is 0 Å². The minimum absolute atomic E-state index is 0.0497. The fourth-order valence-corrected chi connectivity index (χ4v) is 2.33. The summed E-state index contributed by atoms with van der Waals surface area (Å²) in [4.78, 5) is 45.4. The van der Waals surface area contributed by atoms with Crippen molar-refractivity contribution < 1.29 is 42.0 Å². The molecule has 0 aromatic heterocycles. The molecule has 0 spiro atoms. The van der Waals surface area contributed by atoms with Crippen LogP contribution in [0.25, 0.3) is 0 Å². The van der Waals surface area contributed by atoms with Gasteiger partial charge in [0.1, 0.15) is 12.3 Å². The maximum absolute atomic E-state index is 12.4. The number of nitrogens with one attached hydrogen (secondary N) is 2. The molecule has 0 unspecified atom stereocenters. The Morgan fingerprint density at radius 3 is 2.44 bits per heavy atom. The van der Waals surface area contributed by atoms with Crippen molar-refractivity contribution in [3.8, 4) is 5.75 Å². The summed E-state index contributed by atoms with van der Waals surface area (Å²) in [7, 11) is 0. The molecular weight excluding hydrogens is 439 g/mol. The van der Waals surface area contributed by atoms with E-state index in [1.54, 1.807) is 0 Å². The number of carbonyl (C=O) groups excluding carboxylic acids is 3. The number of hydrogen-bond acceptors (Lipinski definition) is 7. The highest BCUT2D eigenvalue weighted by atomic mass is 19.4. The highest BCUT2D eigenvalue weighted by Crippen LogP contribution is 2.26. The normalized spacial score (nSPS) is 10.7. The Kier molecular flexibility index (Phi) is 8.10. The molecule has 2 N–H and O–H groups in total. The lowest BCUT2D eigenvalue weighted by Gasteiger charge is -2.13. The van der Waals surface area contributed by atoms with Gasteiger partial charge in [-0.1, -0.05) is 24.3 Å². The van der Waals surface area contributed by atoms with Crippen molar-refractivity contribution in [2.24, 2.45) is 0 Å². The van der Waals surface area contributed by atoms with Crippen LogP contribution >= 0.6 is 0 Å². The first-order valence-electron chi connectivity index (χ1n) is 8.84. The van der Waals surface area contributed by atoms with Crippen LogP contribution in [0.3, 0.4) is 0 Å². The molecule has 2 amide bonds. The number of hydrogen-bond donors (Lipinski definition) is 2. The van der Waals surface area contributed by atoms with E-state index in [0.717, 1.165) is 12.1 Å². The number of non-ortho nitro benzene ring substituents is 1. The lowest BCUT2D eigenvalue weighted by Crippen LogP contribution is -2.34. The number of rotatable bonds is 9. The van der Waals surface area contributed by atoms with Gasteiger partial charge in [-0.15, -0.1) is 13.2 Å². The lowest BCUT2D eigenvalue weighted by atomic mass is 10.2. The Bertz CT molecular complexity index is 1010. The van der Waals surface area contributed by atoms with E-state index in [4.69, 9.17) is 0 Å². The molecule has 0 atom stereocenters. The minimum atomic E-state index is -4.90. The Morgan fingerprint density at radius 1 is 1.03 bits per heavy atom. The molecule has 2 aromatic rings. The number of alkyl halides is 3. The van der Waals surface area contributed by atoms with Crippen LogP contribution in [0.4, 0.5) is 18.9 Å². The second kappa shape index (κ2) is 10.7. The van der Waals surface area contributed by atoms with Crippen molar-refractivity contribution in [1.82, 2.24) is 10.6 Å². The van der Waals surface area contributed by atoms with Crippen molar-refractivity contribution >= 4 is 23.5 Å². The lowest BCUT2D eigenvalue weighted by molar-refractivity contribution is -0.384. The molecule has 0 aliphatic heterocycles. The van der Waals surface area contributed by atoms with Gasteiger partial charge in [-0.3, -0.25) is 24.5 Å². The van der Waals surface area contributed by atoms with Crippen LogP contribution in [-0.4, -0.2) is 42.2 Å². The van der Waals surface area contributed by atoms with Crippen molar-refractivity contribution in [1.29, 1.82) is 0 Å². The minimum Gasteiger partial charge on any atom is -0.454 e. The molecule has 0 saturated heterocycles. The third kappa shape index (κ3) is 7.93. The van der Waals surface area contributed by atoms with Gasteiger partial charge in [-0.05, 0) is 12.1 Å². The third-order valence-corrected chi connectivity index (χ3v) is 3.75. The molecule has 0 radical (unpaired) electrons. The molecule has 0 fully saturated rings. The predicted octanol–water partition coefficient (Wildman–Crippen LogP) is 2.08. The second-order valence-corrected chi connectivity index (χ2v) is 6.08. The second-order valence-electron chi connectivity index (χ2n) is 6.08. The molecule has 0 bridgehead atoms. The molecule has 10 nitrogen and oxygen atoms in total. The van der Waals surface area contributed by atoms with Crippen LogP contribution in [0, 0.1) is 10.1 Å². The summed E-state index contributed by atoms with van der Waals surface area (Å²) in [5.41, 5.74) is -0.308. The van der Waals surface area contributed by atoms with E-state index in [0.29, 0.717) is 0 Å². The van der Waals surface area contributed by atoms with Gasteiger partial charge >= 0.3 is 12.3 Å². The molecular formula is C19H16F3N3O7. The van der Waals surface area contributed by atoms with Gasteiger partial charge in [0, 0.05) is 29.8 Å². The number of nitro groups is 1. The van der Waals surface area contributed by atoms with Crippen LogP contribution in [0.2, 0.25) is 0 Å². The number of nitro benzene ring substituents is 1. The smallest absolute Gasteiger partial charge is 0.454 e. The molecule has 32 heavy (non-hydrogen) atoms. The quantitative estimate of drug-likeness (QED) is 0.336. The fraction of sp³-hybridized carbons (Fsp3) is 0.211. The van der Waals surface area contributed by atoms with Gasteiger partial charge in [0.05, 0.1) is 4.92 Å². The molecule has 0 saturated carbocycles. The summed E-state index contributed by atoms with van der Waals surface area (Å²) in [6.07, 6.45) is -4.90. The fourth-order valence-electron chi connectivity index (χ4n) is 2.33. The Hall–Kier alpha value is -4.16. The number of esters is 1. The molecule has 170 valence electrons. The van der Waals surface area contributed by atoms with Crippen LogP contribution in [0.5, 0.6) is 5.75 Å². The monoisotopic (exact) mass is 455 g/mol. The van der Waals surface area contributed by atoms with Gasteiger partial charge in [-0.25, -0.2) is 0 Å². The zero-order valence-electron chi connectivity index (χ0n) is 16.2. The van der Waals surface area contributed by atoms with E-state index in [9.17, 15) is 37.7 Å². The Morgan fingerprint density at radius 2 is 1.75 bits per heavy atom. The maximum Gasteiger partial charge on any atom is 0.573 e. The number of amides is 2. The SMILES string of the molecule is O=C(COC(=O)CNC(=O)c1cccc([N+](=O)[O-])c1)NCc1ccccc1OC(F)(F)F. The number of nitrogens with zero attached hydrogens (tertiary/aromatic N) is 1. The number of carbonyl (C=O) groups is 3. The first kappa shape index (κ1) is 24.1. The van der Waals surface area contributed by atoms with E-state index < -0.39 is 48.0 Å². The molecule has 0 aliphatic rings. The highest BCUT2D eigenvalue weighted by Gasteiger charge is 2.32. The first-order chi connectivity index (χ1) is 15.0. The number of benzene rings is 2.